The van der Waals surface area contributed by atoms with E-state index >= 15 is 0 Å². The quantitative estimate of drug-likeness (QED) is 0.563. The monoisotopic (exact) mass is 208 g/mol. The Balaban J connectivity index is 2.67. The predicted octanol–water partition coefficient (Wildman–Crippen LogP) is 2.65. The molecule has 0 atom stereocenters. The minimum Gasteiger partial charge on any atom is -0.493 e. The van der Waals surface area contributed by atoms with Crippen molar-refractivity contribution in [3.63, 3.8) is 0 Å². The van der Waals surface area contributed by atoms with Gasteiger partial charge in [0.15, 0.2) is 11.5 Å². The Morgan fingerprint density at radius 3 is 2.40 bits per heavy atom. The van der Waals surface area contributed by atoms with Crippen LogP contribution < -0.4 is 9.47 Å². The first-order chi connectivity index (χ1) is 7.13. The molecule has 0 saturated heterocycles. The van der Waals surface area contributed by atoms with Gasteiger partial charge in [-0.25, -0.2) is 0 Å². The normalized spacial score (nSPS) is 10.1. The van der Waals surface area contributed by atoms with Crippen molar-refractivity contribution in [2.75, 3.05) is 7.11 Å². The minimum atomic E-state index is -0.227. The average Bonchev–Trinajstić information content (AvgIpc) is 2.17. The highest BCUT2D eigenvalue weighted by atomic mass is 16.6. The predicted molar refractivity (Wildman–Crippen MR) is 58.1 cm³/mol. The average molecular weight is 208 g/mol. The molecule has 0 aliphatic rings. The van der Waals surface area contributed by atoms with Crippen molar-refractivity contribution in [3.05, 3.63) is 24.3 Å². The molecule has 0 spiro atoms. The van der Waals surface area contributed by atoms with Gasteiger partial charge in [0, 0.05) is 6.42 Å². The Hall–Kier alpha value is -1.51. The summed E-state index contributed by atoms with van der Waals surface area (Å²) in [5.74, 6) is 1.13. The van der Waals surface area contributed by atoms with Crippen molar-refractivity contribution in [2.45, 2.75) is 20.3 Å². The molecule has 0 aromatic heterocycles. The highest BCUT2D eigenvalue weighted by Crippen LogP contribution is 2.26. The Morgan fingerprint density at radius 2 is 1.87 bits per heavy atom. The fraction of sp³-hybridized carbons (Fsp3) is 0.417. The van der Waals surface area contributed by atoms with E-state index in [1.165, 1.54) is 0 Å². The van der Waals surface area contributed by atoms with Gasteiger partial charge in [-0.1, -0.05) is 26.0 Å². The third kappa shape index (κ3) is 3.62. The molecule has 3 nitrogen and oxygen atoms in total. The Bertz CT molecular complexity index is 331. The number of hydrogen-bond donors (Lipinski definition) is 0. The summed E-state index contributed by atoms with van der Waals surface area (Å²) in [6, 6.07) is 7.12. The third-order valence-electron chi connectivity index (χ3n) is 1.87. The molecule has 0 radical (unpaired) electrons. The SMILES string of the molecule is COc1ccccc1OC(=O)CC(C)C. The number of carbonyl (C=O) groups is 1. The van der Waals surface area contributed by atoms with Crippen molar-refractivity contribution in [2.24, 2.45) is 5.92 Å². The van der Waals surface area contributed by atoms with E-state index in [1.807, 2.05) is 19.9 Å². The largest absolute Gasteiger partial charge is 0.493 e. The van der Waals surface area contributed by atoms with Gasteiger partial charge in [-0.3, -0.25) is 4.79 Å². The van der Waals surface area contributed by atoms with Crippen LogP contribution in [0, 0.1) is 5.92 Å². The number of rotatable bonds is 4. The van der Waals surface area contributed by atoms with Crippen molar-refractivity contribution in [1.82, 2.24) is 0 Å². The summed E-state index contributed by atoms with van der Waals surface area (Å²) < 4.78 is 10.3. The van der Waals surface area contributed by atoms with Gasteiger partial charge in [-0.15, -0.1) is 0 Å². The van der Waals surface area contributed by atoms with Crippen molar-refractivity contribution in [3.8, 4) is 11.5 Å². The molecule has 0 amide bonds. The Labute approximate surface area is 90.0 Å². The molecule has 0 unspecified atom stereocenters. The second-order valence-corrected chi connectivity index (χ2v) is 3.72. The summed E-state index contributed by atoms with van der Waals surface area (Å²) in [7, 11) is 1.55. The molecule has 3 heteroatoms. The molecule has 0 aliphatic carbocycles. The molecule has 15 heavy (non-hydrogen) atoms. The van der Waals surface area contributed by atoms with Crippen LogP contribution in [0.3, 0.4) is 0 Å². The third-order valence-corrected chi connectivity index (χ3v) is 1.87. The van der Waals surface area contributed by atoms with E-state index in [9.17, 15) is 4.79 Å². The van der Waals surface area contributed by atoms with E-state index in [1.54, 1.807) is 25.3 Å². The number of ether oxygens (including phenoxy) is 2. The zero-order valence-electron chi connectivity index (χ0n) is 9.32. The molecular formula is C12H16O3. The molecule has 0 N–H and O–H groups in total. The second-order valence-electron chi connectivity index (χ2n) is 3.72. The molecule has 0 heterocycles. The van der Waals surface area contributed by atoms with E-state index < -0.39 is 0 Å². The van der Waals surface area contributed by atoms with Crippen LogP contribution in [0.15, 0.2) is 24.3 Å². The van der Waals surface area contributed by atoms with Gasteiger partial charge in [-0.05, 0) is 18.1 Å². The van der Waals surface area contributed by atoms with Crippen LogP contribution in [-0.2, 0) is 4.79 Å². The standard InChI is InChI=1S/C12H16O3/c1-9(2)8-12(13)15-11-7-5-4-6-10(11)14-3/h4-7,9H,8H2,1-3H3. The first-order valence-electron chi connectivity index (χ1n) is 4.97. The van der Waals surface area contributed by atoms with Gasteiger partial charge in [0.05, 0.1) is 7.11 Å². The zero-order valence-corrected chi connectivity index (χ0v) is 9.32. The van der Waals surface area contributed by atoms with Crippen molar-refractivity contribution in [1.29, 1.82) is 0 Å². The fourth-order valence-corrected chi connectivity index (χ4v) is 1.20. The van der Waals surface area contributed by atoms with Crippen LogP contribution in [0.5, 0.6) is 11.5 Å². The van der Waals surface area contributed by atoms with Gasteiger partial charge in [0.1, 0.15) is 0 Å². The van der Waals surface area contributed by atoms with E-state index in [-0.39, 0.29) is 5.97 Å². The molecule has 0 saturated carbocycles. The smallest absolute Gasteiger partial charge is 0.311 e. The Kier molecular flexibility index (Phi) is 4.16. The van der Waals surface area contributed by atoms with E-state index in [0.717, 1.165) is 0 Å². The lowest BCUT2D eigenvalue weighted by molar-refractivity contribution is -0.135. The number of hydrogen-bond acceptors (Lipinski definition) is 3. The zero-order chi connectivity index (χ0) is 11.3. The lowest BCUT2D eigenvalue weighted by Gasteiger charge is -2.09. The highest BCUT2D eigenvalue weighted by Gasteiger charge is 2.10. The first-order valence-corrected chi connectivity index (χ1v) is 4.97. The van der Waals surface area contributed by atoms with Gasteiger partial charge >= 0.3 is 5.97 Å². The van der Waals surface area contributed by atoms with E-state index in [4.69, 9.17) is 9.47 Å². The molecule has 0 fully saturated rings. The van der Waals surface area contributed by atoms with Gasteiger partial charge in [0.25, 0.3) is 0 Å². The van der Waals surface area contributed by atoms with Crippen molar-refractivity contribution < 1.29 is 14.3 Å². The maximum atomic E-state index is 11.4. The van der Waals surface area contributed by atoms with Crippen LogP contribution in [0.25, 0.3) is 0 Å². The molecule has 1 aromatic carbocycles. The van der Waals surface area contributed by atoms with E-state index in [2.05, 4.69) is 0 Å². The summed E-state index contributed by atoms with van der Waals surface area (Å²) in [4.78, 5) is 11.4. The van der Waals surface area contributed by atoms with Crippen LogP contribution in [0.2, 0.25) is 0 Å². The van der Waals surface area contributed by atoms with Crippen LogP contribution >= 0.6 is 0 Å². The maximum Gasteiger partial charge on any atom is 0.311 e. The van der Waals surface area contributed by atoms with Gasteiger partial charge in [-0.2, -0.15) is 0 Å². The summed E-state index contributed by atoms with van der Waals surface area (Å²) in [6.45, 7) is 3.95. The fourth-order valence-electron chi connectivity index (χ4n) is 1.20. The highest BCUT2D eigenvalue weighted by molar-refractivity contribution is 5.73. The van der Waals surface area contributed by atoms with Crippen LogP contribution in [-0.4, -0.2) is 13.1 Å². The lowest BCUT2D eigenvalue weighted by atomic mass is 10.1. The van der Waals surface area contributed by atoms with Gasteiger partial charge < -0.3 is 9.47 Å². The summed E-state index contributed by atoms with van der Waals surface area (Å²) in [5.41, 5.74) is 0. The summed E-state index contributed by atoms with van der Waals surface area (Å²) >= 11 is 0. The summed E-state index contributed by atoms with van der Waals surface area (Å²) in [5, 5.41) is 0. The minimum absolute atomic E-state index is 0.227. The topological polar surface area (TPSA) is 35.5 Å². The molecule has 82 valence electrons. The number of benzene rings is 1. The number of para-hydroxylation sites is 2. The van der Waals surface area contributed by atoms with Crippen LogP contribution in [0.4, 0.5) is 0 Å². The lowest BCUT2D eigenvalue weighted by Crippen LogP contribution is -2.11. The number of esters is 1. The molecule has 0 bridgehead atoms. The Morgan fingerprint density at radius 1 is 1.27 bits per heavy atom. The van der Waals surface area contributed by atoms with Crippen molar-refractivity contribution >= 4 is 5.97 Å². The van der Waals surface area contributed by atoms with E-state index in [0.29, 0.717) is 23.8 Å². The first kappa shape index (κ1) is 11.6. The molecule has 1 aromatic rings. The number of carbonyl (C=O) groups excluding carboxylic acids is 1. The second kappa shape index (κ2) is 5.39. The summed E-state index contributed by atoms with van der Waals surface area (Å²) in [6.07, 6.45) is 0.415. The maximum absolute atomic E-state index is 11.4. The molecule has 0 aliphatic heterocycles. The molecular weight excluding hydrogens is 192 g/mol. The van der Waals surface area contributed by atoms with Crippen LogP contribution in [0.1, 0.15) is 20.3 Å². The van der Waals surface area contributed by atoms with Gasteiger partial charge in [0.2, 0.25) is 0 Å². The number of methoxy groups -OCH3 is 1. The molecule has 1 rings (SSSR count).